The molecule has 0 aliphatic heterocycles. The molecule has 0 aromatic heterocycles. The Morgan fingerprint density at radius 1 is 0.718 bits per heavy atom. The van der Waals surface area contributed by atoms with Gasteiger partial charge in [-0.15, -0.1) is 0 Å². The minimum Gasteiger partial charge on any atom is -0.468 e. The molecule has 11 nitrogen and oxygen atoms in total. The van der Waals surface area contributed by atoms with Gasteiger partial charge in [0.05, 0.1) is 19.6 Å². The van der Waals surface area contributed by atoms with Crippen LogP contribution >= 0.6 is 15.9 Å². The van der Waals surface area contributed by atoms with E-state index in [4.69, 9.17) is 28.4 Å². The molecule has 0 N–H and O–H groups in total. The maximum atomic E-state index is 12.9. The van der Waals surface area contributed by atoms with E-state index in [1.165, 1.54) is 13.8 Å². The number of carbonyl (C=O) groups is 5. The Labute approximate surface area is 236 Å². The van der Waals surface area contributed by atoms with Gasteiger partial charge < -0.3 is 28.4 Å². The van der Waals surface area contributed by atoms with Crippen molar-refractivity contribution in [2.24, 2.45) is 16.2 Å². The molecule has 0 amide bonds. The second-order valence-electron chi connectivity index (χ2n) is 10.3. The topological polar surface area (TPSA) is 141 Å². The average Bonchev–Trinajstić information content (AvgIpc) is 2.91. The van der Waals surface area contributed by atoms with E-state index < -0.39 is 72.7 Å². The van der Waals surface area contributed by atoms with Crippen LogP contribution in [0.25, 0.3) is 0 Å². The fourth-order valence-corrected chi connectivity index (χ4v) is 4.40. The van der Waals surface area contributed by atoms with Crippen molar-refractivity contribution in [1.82, 2.24) is 0 Å². The van der Waals surface area contributed by atoms with Crippen molar-refractivity contribution >= 4 is 46.0 Å². The lowest BCUT2D eigenvalue weighted by atomic mass is 9.86. The average molecular weight is 617 g/mol. The Bertz CT molecular complexity index is 1010. The van der Waals surface area contributed by atoms with Crippen LogP contribution in [0.1, 0.15) is 51.4 Å². The second kappa shape index (κ2) is 14.9. The van der Waals surface area contributed by atoms with Crippen molar-refractivity contribution in [2.45, 2.75) is 45.9 Å². The SMILES string of the molecule is COC(=O)[C@](C)(COC(C)=O)COC(=O)OC[C@](C)(COC(=O)C(C)(C)C[C@H](Br)c1ccccc1)C(=O)OC. The number of rotatable bonds is 14. The van der Waals surface area contributed by atoms with Gasteiger partial charge in [-0.25, -0.2) is 4.79 Å². The van der Waals surface area contributed by atoms with E-state index in [1.54, 1.807) is 13.8 Å². The second-order valence-corrected chi connectivity index (χ2v) is 11.4. The van der Waals surface area contributed by atoms with E-state index >= 15 is 0 Å². The van der Waals surface area contributed by atoms with Crippen molar-refractivity contribution in [3.8, 4) is 0 Å². The molecule has 0 unspecified atom stereocenters. The van der Waals surface area contributed by atoms with Gasteiger partial charge >= 0.3 is 30.0 Å². The van der Waals surface area contributed by atoms with Crippen molar-refractivity contribution in [3.63, 3.8) is 0 Å². The first-order valence-electron chi connectivity index (χ1n) is 12.1. The molecule has 0 radical (unpaired) electrons. The molecule has 0 saturated heterocycles. The first-order valence-corrected chi connectivity index (χ1v) is 13.0. The van der Waals surface area contributed by atoms with Gasteiger partial charge in [-0.3, -0.25) is 19.2 Å². The molecule has 0 saturated carbocycles. The third-order valence-corrected chi connectivity index (χ3v) is 6.75. The summed E-state index contributed by atoms with van der Waals surface area (Å²) in [5.41, 5.74) is -2.95. The van der Waals surface area contributed by atoms with Crippen molar-refractivity contribution in [2.75, 3.05) is 40.6 Å². The van der Waals surface area contributed by atoms with E-state index in [2.05, 4.69) is 15.9 Å². The molecule has 0 fully saturated rings. The predicted molar refractivity (Wildman–Crippen MR) is 142 cm³/mol. The zero-order valence-electron chi connectivity index (χ0n) is 23.4. The van der Waals surface area contributed by atoms with E-state index in [-0.39, 0.29) is 4.83 Å². The smallest absolute Gasteiger partial charge is 0.468 e. The van der Waals surface area contributed by atoms with Gasteiger partial charge in [0.25, 0.3) is 0 Å². The number of methoxy groups -OCH3 is 2. The number of carbonyl (C=O) groups excluding carboxylic acids is 5. The minimum atomic E-state index is -1.55. The Morgan fingerprint density at radius 2 is 1.15 bits per heavy atom. The molecule has 1 aromatic carbocycles. The summed E-state index contributed by atoms with van der Waals surface area (Å²) in [6.07, 6.45) is -0.792. The summed E-state index contributed by atoms with van der Waals surface area (Å²) in [4.78, 5) is 60.9. The van der Waals surface area contributed by atoms with Crippen LogP contribution in [0.3, 0.4) is 0 Å². The van der Waals surface area contributed by atoms with E-state index in [9.17, 15) is 24.0 Å². The number of benzene rings is 1. The summed E-state index contributed by atoms with van der Waals surface area (Å²) >= 11 is 3.61. The van der Waals surface area contributed by atoms with E-state index in [0.717, 1.165) is 26.7 Å². The van der Waals surface area contributed by atoms with Gasteiger partial charge in [0.2, 0.25) is 0 Å². The number of hydrogen-bond donors (Lipinski definition) is 0. The van der Waals surface area contributed by atoms with E-state index in [0.29, 0.717) is 6.42 Å². The molecule has 0 aliphatic carbocycles. The Balaban J connectivity index is 2.79. The third kappa shape index (κ3) is 10.5. The molecule has 12 heteroatoms. The van der Waals surface area contributed by atoms with Crippen LogP contribution in [0, 0.1) is 16.2 Å². The Morgan fingerprint density at radius 3 is 1.59 bits per heavy atom. The quantitative estimate of drug-likeness (QED) is 0.169. The number of esters is 4. The van der Waals surface area contributed by atoms with Gasteiger partial charge in [-0.05, 0) is 39.7 Å². The highest BCUT2D eigenvalue weighted by Gasteiger charge is 2.42. The van der Waals surface area contributed by atoms with Crippen molar-refractivity contribution in [3.05, 3.63) is 35.9 Å². The number of alkyl halides is 1. The zero-order valence-corrected chi connectivity index (χ0v) is 25.0. The van der Waals surface area contributed by atoms with Gasteiger partial charge in [0, 0.05) is 11.8 Å². The van der Waals surface area contributed by atoms with Gasteiger partial charge in [0.1, 0.15) is 37.3 Å². The predicted octanol–water partition coefficient (Wildman–Crippen LogP) is 4.16. The van der Waals surface area contributed by atoms with Gasteiger partial charge in [-0.2, -0.15) is 0 Å². The number of ether oxygens (including phenoxy) is 6. The minimum absolute atomic E-state index is 0.108. The van der Waals surface area contributed by atoms with Crippen LogP contribution in [0.5, 0.6) is 0 Å². The highest BCUT2D eigenvalue weighted by atomic mass is 79.9. The van der Waals surface area contributed by atoms with Crippen LogP contribution < -0.4 is 0 Å². The largest absolute Gasteiger partial charge is 0.508 e. The summed E-state index contributed by atoms with van der Waals surface area (Å²) in [7, 11) is 2.29. The summed E-state index contributed by atoms with van der Waals surface area (Å²) in [5, 5.41) is 0. The van der Waals surface area contributed by atoms with Crippen LogP contribution in [0.2, 0.25) is 0 Å². The molecule has 0 spiro atoms. The molecule has 0 aliphatic rings. The molecule has 1 aromatic rings. The molecular formula is C27H37BrO11. The van der Waals surface area contributed by atoms with Crippen LogP contribution in [-0.4, -0.2) is 70.7 Å². The maximum Gasteiger partial charge on any atom is 0.508 e. The first kappa shape index (κ1) is 33.9. The van der Waals surface area contributed by atoms with Crippen LogP contribution in [0.15, 0.2) is 30.3 Å². The highest BCUT2D eigenvalue weighted by Crippen LogP contribution is 2.37. The Kier molecular flexibility index (Phi) is 12.9. The number of hydrogen-bond acceptors (Lipinski definition) is 11. The molecule has 0 bridgehead atoms. The number of halogens is 1. The molecule has 3 atom stereocenters. The lowest BCUT2D eigenvalue weighted by molar-refractivity contribution is -0.168. The molecule has 0 heterocycles. The molecule has 1 rings (SSSR count). The van der Waals surface area contributed by atoms with Gasteiger partial charge in [0.15, 0.2) is 0 Å². The molecular weight excluding hydrogens is 580 g/mol. The third-order valence-electron chi connectivity index (χ3n) is 5.89. The zero-order chi connectivity index (χ0) is 29.9. The Hall–Kier alpha value is -3.15. The fourth-order valence-electron chi connectivity index (χ4n) is 3.28. The summed E-state index contributed by atoms with van der Waals surface area (Å²) in [5.74, 6) is -2.74. The summed E-state index contributed by atoms with van der Waals surface area (Å²) in [6.45, 7) is 5.50. The van der Waals surface area contributed by atoms with Gasteiger partial charge in [-0.1, -0.05) is 46.3 Å². The molecule has 39 heavy (non-hydrogen) atoms. The lowest BCUT2D eigenvalue weighted by Gasteiger charge is -2.30. The standard InChI is InChI=1S/C27H37BrO11/c1-18(29)36-14-26(4,22(31)34-6)16-38-24(33)39-17-27(5,23(32)35-7)15-37-21(30)25(2,3)13-20(28)19-11-9-8-10-12-19/h8-12,20H,13-17H2,1-7H3/t20-,26+,27-/m0/s1. The monoisotopic (exact) mass is 616 g/mol. The lowest BCUT2D eigenvalue weighted by Crippen LogP contribution is -2.42. The normalized spacial score (nSPS) is 15.0. The first-order chi connectivity index (χ1) is 18.1. The van der Waals surface area contributed by atoms with Crippen LogP contribution in [-0.2, 0) is 47.6 Å². The van der Waals surface area contributed by atoms with Crippen molar-refractivity contribution in [1.29, 1.82) is 0 Å². The summed E-state index contributed by atoms with van der Waals surface area (Å²) in [6, 6.07) is 9.58. The molecule has 218 valence electrons. The highest BCUT2D eigenvalue weighted by molar-refractivity contribution is 9.09. The van der Waals surface area contributed by atoms with E-state index in [1.807, 2.05) is 30.3 Å². The summed E-state index contributed by atoms with van der Waals surface area (Å²) < 4.78 is 30.0. The van der Waals surface area contributed by atoms with Crippen LogP contribution in [0.4, 0.5) is 4.79 Å². The van der Waals surface area contributed by atoms with Crippen molar-refractivity contribution < 1.29 is 52.4 Å². The fraction of sp³-hybridized carbons (Fsp3) is 0.593. The maximum absolute atomic E-state index is 12.9.